The van der Waals surface area contributed by atoms with Gasteiger partial charge in [-0.25, -0.2) is 5.43 Å². The summed E-state index contributed by atoms with van der Waals surface area (Å²) < 4.78 is 11.3. The van der Waals surface area contributed by atoms with Crippen molar-refractivity contribution in [2.75, 3.05) is 19.5 Å². The zero-order valence-electron chi connectivity index (χ0n) is 16.4. The molecule has 3 rings (SSSR count). The maximum Gasteiger partial charge on any atom is 0.262 e. The van der Waals surface area contributed by atoms with Gasteiger partial charge in [0.15, 0.2) is 11.5 Å². The van der Waals surface area contributed by atoms with Crippen LogP contribution in [0.3, 0.4) is 0 Å². The van der Waals surface area contributed by atoms with Crippen LogP contribution in [-0.4, -0.2) is 32.4 Å². The number of nitrogens with one attached hydrogen (secondary N) is 2. The number of anilines is 1. The first kappa shape index (κ1) is 20.7. The van der Waals surface area contributed by atoms with Crippen molar-refractivity contribution in [2.45, 2.75) is 13.0 Å². The lowest BCUT2D eigenvalue weighted by molar-refractivity contribution is -0.121. The van der Waals surface area contributed by atoms with Crippen LogP contribution in [0.15, 0.2) is 64.2 Å². The molecule has 0 aliphatic heterocycles. The second-order valence-corrected chi connectivity index (χ2v) is 7.25. The number of amides is 1. The number of fused-ring (bicyclic) bond motifs is 1. The maximum atomic E-state index is 12.4. The van der Waals surface area contributed by atoms with Gasteiger partial charge in [-0.15, -0.1) is 0 Å². The molecule has 0 spiro atoms. The van der Waals surface area contributed by atoms with Gasteiger partial charge in [0.2, 0.25) is 0 Å². The monoisotopic (exact) mass is 455 g/mol. The summed E-state index contributed by atoms with van der Waals surface area (Å²) in [5.41, 5.74) is 4.18. The number of nitrogens with zero attached hydrogens (tertiary/aromatic N) is 1. The van der Waals surface area contributed by atoms with E-state index in [0.717, 1.165) is 26.5 Å². The van der Waals surface area contributed by atoms with Crippen LogP contribution in [-0.2, 0) is 4.79 Å². The van der Waals surface area contributed by atoms with E-state index in [4.69, 9.17) is 9.47 Å². The van der Waals surface area contributed by atoms with E-state index in [-0.39, 0.29) is 5.91 Å². The molecule has 0 aliphatic carbocycles. The summed E-state index contributed by atoms with van der Waals surface area (Å²) >= 11 is 3.43. The van der Waals surface area contributed by atoms with Gasteiger partial charge in [-0.3, -0.25) is 4.79 Å². The van der Waals surface area contributed by atoms with Gasteiger partial charge >= 0.3 is 0 Å². The highest BCUT2D eigenvalue weighted by atomic mass is 79.9. The number of rotatable bonds is 7. The third kappa shape index (κ3) is 5.06. The Kier molecular flexibility index (Phi) is 6.72. The maximum absolute atomic E-state index is 12.4. The molecule has 150 valence electrons. The smallest absolute Gasteiger partial charge is 0.262 e. The lowest BCUT2D eigenvalue weighted by Gasteiger charge is -2.14. The fourth-order valence-electron chi connectivity index (χ4n) is 2.87. The molecule has 0 fully saturated rings. The van der Waals surface area contributed by atoms with E-state index in [1.54, 1.807) is 33.4 Å². The van der Waals surface area contributed by atoms with Crippen molar-refractivity contribution in [3.05, 3.63) is 64.6 Å². The Morgan fingerprint density at radius 2 is 1.83 bits per heavy atom. The van der Waals surface area contributed by atoms with Crippen LogP contribution in [0, 0.1) is 0 Å². The minimum Gasteiger partial charge on any atom is -0.493 e. The lowest BCUT2D eigenvalue weighted by atomic mass is 10.1. The van der Waals surface area contributed by atoms with Crippen molar-refractivity contribution in [3.63, 3.8) is 0 Å². The van der Waals surface area contributed by atoms with E-state index in [1.165, 1.54) is 0 Å². The molecular formula is C22H22BrN3O3. The molecule has 1 atom stereocenters. The number of carbonyl (C=O) groups excluding carboxylic acids is 1. The van der Waals surface area contributed by atoms with E-state index in [0.29, 0.717) is 11.5 Å². The van der Waals surface area contributed by atoms with E-state index < -0.39 is 6.04 Å². The number of hydrogen-bond acceptors (Lipinski definition) is 5. The van der Waals surface area contributed by atoms with Crippen molar-refractivity contribution >= 4 is 44.5 Å². The highest BCUT2D eigenvalue weighted by molar-refractivity contribution is 9.10. The molecule has 2 N–H and O–H groups in total. The Morgan fingerprint density at radius 3 is 2.55 bits per heavy atom. The first-order valence-electron chi connectivity index (χ1n) is 9.01. The molecule has 3 aromatic carbocycles. The van der Waals surface area contributed by atoms with E-state index >= 15 is 0 Å². The lowest BCUT2D eigenvalue weighted by Crippen LogP contribution is -2.34. The van der Waals surface area contributed by atoms with Crippen LogP contribution in [0.25, 0.3) is 10.8 Å². The van der Waals surface area contributed by atoms with Crippen molar-refractivity contribution in [1.82, 2.24) is 5.43 Å². The number of benzene rings is 3. The fourth-order valence-corrected chi connectivity index (χ4v) is 3.50. The summed E-state index contributed by atoms with van der Waals surface area (Å²) in [6, 6.07) is 17.2. The van der Waals surface area contributed by atoms with Crippen molar-refractivity contribution in [1.29, 1.82) is 0 Å². The largest absolute Gasteiger partial charge is 0.493 e. The average molecular weight is 456 g/mol. The van der Waals surface area contributed by atoms with Gasteiger partial charge in [-0.2, -0.15) is 5.10 Å². The summed E-state index contributed by atoms with van der Waals surface area (Å²) in [5, 5.41) is 9.51. The first-order valence-corrected chi connectivity index (χ1v) is 9.81. The predicted molar refractivity (Wildman–Crippen MR) is 120 cm³/mol. The normalized spacial score (nSPS) is 12.0. The van der Waals surface area contributed by atoms with Gasteiger partial charge in [-0.1, -0.05) is 30.3 Å². The summed E-state index contributed by atoms with van der Waals surface area (Å²) in [6.07, 6.45) is 1.55. The number of halogens is 1. The van der Waals surface area contributed by atoms with Crippen LogP contribution in [0.5, 0.6) is 11.5 Å². The number of methoxy groups -OCH3 is 2. The summed E-state index contributed by atoms with van der Waals surface area (Å²) in [5.74, 6) is 0.928. The zero-order valence-corrected chi connectivity index (χ0v) is 18.0. The second kappa shape index (κ2) is 9.43. The van der Waals surface area contributed by atoms with Crippen LogP contribution in [0.1, 0.15) is 12.5 Å². The van der Waals surface area contributed by atoms with Gasteiger partial charge in [0.25, 0.3) is 5.91 Å². The molecule has 3 aromatic rings. The van der Waals surface area contributed by atoms with Gasteiger partial charge in [0.1, 0.15) is 6.04 Å². The number of hydrogen-bond donors (Lipinski definition) is 2. The Morgan fingerprint density at radius 1 is 1.07 bits per heavy atom. The van der Waals surface area contributed by atoms with Crippen LogP contribution in [0.4, 0.5) is 5.69 Å². The van der Waals surface area contributed by atoms with E-state index in [2.05, 4.69) is 37.8 Å². The Balaban J connectivity index is 1.63. The number of ether oxygens (including phenoxy) is 2. The molecule has 0 radical (unpaired) electrons. The summed E-state index contributed by atoms with van der Waals surface area (Å²) in [7, 11) is 3.13. The quantitative estimate of drug-likeness (QED) is 0.404. The molecule has 7 heteroatoms. The molecule has 1 unspecified atom stereocenters. The molecule has 29 heavy (non-hydrogen) atoms. The van der Waals surface area contributed by atoms with Gasteiger partial charge in [0, 0.05) is 5.69 Å². The molecule has 0 aromatic heterocycles. The van der Waals surface area contributed by atoms with Gasteiger partial charge in [-0.05, 0) is 63.5 Å². The molecule has 0 bridgehead atoms. The van der Waals surface area contributed by atoms with Crippen molar-refractivity contribution < 1.29 is 14.3 Å². The molecule has 0 saturated carbocycles. The summed E-state index contributed by atoms with van der Waals surface area (Å²) in [6.45, 7) is 1.78. The van der Waals surface area contributed by atoms with Gasteiger partial charge in [0.05, 0.1) is 24.9 Å². The molecular weight excluding hydrogens is 434 g/mol. The Hall–Kier alpha value is -3.06. The van der Waals surface area contributed by atoms with Crippen LogP contribution in [0.2, 0.25) is 0 Å². The fraction of sp³-hybridized carbons (Fsp3) is 0.182. The molecule has 0 heterocycles. The third-order valence-electron chi connectivity index (χ3n) is 4.37. The highest BCUT2D eigenvalue weighted by Crippen LogP contribution is 2.35. The molecule has 0 aliphatic rings. The number of carbonyl (C=O) groups is 1. The molecule has 1 amide bonds. The van der Waals surface area contributed by atoms with E-state index in [1.807, 2.05) is 42.5 Å². The SMILES string of the molecule is COc1cc(/C=N/NC(=O)C(C)Nc2ccc3ccccc3c2)cc(Br)c1OC. The third-order valence-corrected chi connectivity index (χ3v) is 4.96. The minimum absolute atomic E-state index is 0.242. The zero-order chi connectivity index (χ0) is 20.8. The number of hydrazone groups is 1. The minimum atomic E-state index is -0.453. The first-order chi connectivity index (χ1) is 14.0. The van der Waals surface area contributed by atoms with Crippen molar-refractivity contribution in [3.8, 4) is 11.5 Å². The highest BCUT2D eigenvalue weighted by Gasteiger charge is 2.12. The molecule has 0 saturated heterocycles. The van der Waals surface area contributed by atoms with Crippen LogP contribution >= 0.6 is 15.9 Å². The second-order valence-electron chi connectivity index (χ2n) is 6.40. The van der Waals surface area contributed by atoms with Crippen LogP contribution < -0.4 is 20.2 Å². The molecule has 6 nitrogen and oxygen atoms in total. The van der Waals surface area contributed by atoms with Gasteiger partial charge < -0.3 is 14.8 Å². The Bertz CT molecular complexity index is 1050. The van der Waals surface area contributed by atoms with E-state index in [9.17, 15) is 4.79 Å². The Labute approximate surface area is 178 Å². The average Bonchev–Trinajstić information content (AvgIpc) is 2.73. The summed E-state index contributed by atoms with van der Waals surface area (Å²) in [4.78, 5) is 12.4. The topological polar surface area (TPSA) is 72.0 Å². The predicted octanol–water partition coefficient (Wildman–Crippen LogP) is 4.57. The van der Waals surface area contributed by atoms with Crippen molar-refractivity contribution in [2.24, 2.45) is 5.10 Å². The standard InChI is InChI=1S/C22H22BrN3O3/c1-14(25-18-9-8-16-6-4-5-7-17(16)12-18)22(27)26-24-13-15-10-19(23)21(29-3)20(11-15)28-2/h4-14,25H,1-3H3,(H,26,27)/b24-13+.